The van der Waals surface area contributed by atoms with Gasteiger partial charge in [0.1, 0.15) is 0 Å². The third-order valence-corrected chi connectivity index (χ3v) is 2.70. The zero-order valence-electron chi connectivity index (χ0n) is 8.86. The number of hydrogen-bond donors (Lipinski definition) is 0. The summed E-state index contributed by atoms with van der Waals surface area (Å²) < 4.78 is 0. The van der Waals surface area contributed by atoms with Crippen LogP contribution in [0.5, 0.6) is 0 Å². The van der Waals surface area contributed by atoms with Crippen LogP contribution in [0.15, 0.2) is 11.1 Å². The average Bonchev–Trinajstić information content (AvgIpc) is 2.11. The summed E-state index contributed by atoms with van der Waals surface area (Å²) in [5.41, 5.74) is 2.64. The Morgan fingerprint density at radius 3 is 2.38 bits per heavy atom. The second-order valence-electron chi connectivity index (χ2n) is 3.86. The quantitative estimate of drug-likeness (QED) is 0.645. The Labute approximate surface area is 81.2 Å². The smallest absolute Gasteiger partial charge is 0.158 e. The molecule has 1 heteroatoms. The first-order chi connectivity index (χ1) is 6.29. The molecular formula is C12H20O. The van der Waals surface area contributed by atoms with Crippen molar-refractivity contribution in [3.8, 4) is 0 Å². The van der Waals surface area contributed by atoms with Gasteiger partial charge in [-0.15, -0.1) is 0 Å². The minimum atomic E-state index is 0.427. The van der Waals surface area contributed by atoms with Crippen molar-refractivity contribution < 1.29 is 4.79 Å². The van der Waals surface area contributed by atoms with E-state index in [9.17, 15) is 4.79 Å². The lowest BCUT2D eigenvalue weighted by molar-refractivity contribution is -0.116. The molecule has 0 radical (unpaired) electrons. The van der Waals surface area contributed by atoms with E-state index in [-0.39, 0.29) is 0 Å². The molecule has 1 rings (SSSR count). The van der Waals surface area contributed by atoms with E-state index in [1.54, 1.807) is 0 Å². The van der Waals surface area contributed by atoms with Crippen LogP contribution in [0.25, 0.3) is 0 Å². The predicted molar refractivity (Wildman–Crippen MR) is 55.7 cm³/mol. The van der Waals surface area contributed by atoms with E-state index in [1.165, 1.54) is 24.0 Å². The summed E-state index contributed by atoms with van der Waals surface area (Å²) in [5, 5.41) is 0. The average molecular weight is 180 g/mol. The van der Waals surface area contributed by atoms with Crippen LogP contribution in [0.3, 0.4) is 0 Å². The van der Waals surface area contributed by atoms with Crippen LogP contribution in [0, 0.1) is 0 Å². The first-order valence-electron chi connectivity index (χ1n) is 5.53. The largest absolute Gasteiger partial charge is 0.295 e. The van der Waals surface area contributed by atoms with Crippen molar-refractivity contribution in [2.75, 3.05) is 0 Å². The monoisotopic (exact) mass is 180 g/mol. The molecule has 0 bridgehead atoms. The zero-order valence-corrected chi connectivity index (χ0v) is 8.86. The highest BCUT2D eigenvalue weighted by Gasteiger charge is 2.18. The fourth-order valence-corrected chi connectivity index (χ4v) is 2.11. The Morgan fingerprint density at radius 1 is 1.08 bits per heavy atom. The lowest BCUT2D eigenvalue weighted by Crippen LogP contribution is -2.11. The van der Waals surface area contributed by atoms with Gasteiger partial charge in [-0.1, -0.05) is 32.3 Å². The van der Waals surface area contributed by atoms with Crippen molar-refractivity contribution in [1.82, 2.24) is 0 Å². The molecule has 0 spiro atoms. The van der Waals surface area contributed by atoms with Gasteiger partial charge in [0.15, 0.2) is 5.78 Å². The fraction of sp³-hybridized carbons (Fsp3) is 0.750. The van der Waals surface area contributed by atoms with Gasteiger partial charge in [0.25, 0.3) is 0 Å². The van der Waals surface area contributed by atoms with Crippen molar-refractivity contribution in [3.63, 3.8) is 0 Å². The molecule has 0 aromatic carbocycles. The fourth-order valence-electron chi connectivity index (χ4n) is 2.11. The second kappa shape index (κ2) is 5.21. The third kappa shape index (κ3) is 2.68. The van der Waals surface area contributed by atoms with Crippen LogP contribution < -0.4 is 0 Å². The van der Waals surface area contributed by atoms with Crippen LogP contribution in [0.4, 0.5) is 0 Å². The summed E-state index contributed by atoms with van der Waals surface area (Å²) >= 11 is 0. The summed E-state index contributed by atoms with van der Waals surface area (Å²) in [7, 11) is 0. The number of hydrogen-bond acceptors (Lipinski definition) is 1. The Morgan fingerprint density at radius 2 is 1.77 bits per heavy atom. The molecule has 74 valence electrons. The maximum atomic E-state index is 11.6. The molecule has 0 amide bonds. The van der Waals surface area contributed by atoms with Gasteiger partial charge >= 0.3 is 0 Å². The first kappa shape index (κ1) is 10.5. The van der Waals surface area contributed by atoms with E-state index in [4.69, 9.17) is 0 Å². The van der Waals surface area contributed by atoms with Crippen molar-refractivity contribution in [2.45, 2.75) is 58.8 Å². The van der Waals surface area contributed by atoms with Crippen LogP contribution in [0.2, 0.25) is 0 Å². The number of ketones is 1. The molecule has 1 aliphatic carbocycles. The number of rotatable bonds is 4. The topological polar surface area (TPSA) is 17.1 Å². The van der Waals surface area contributed by atoms with E-state index >= 15 is 0 Å². The lowest BCUT2D eigenvalue weighted by Gasteiger charge is -2.18. The van der Waals surface area contributed by atoms with Crippen LogP contribution >= 0.6 is 0 Å². The number of carbonyl (C=O) groups excluding carboxylic acids is 1. The summed E-state index contributed by atoms with van der Waals surface area (Å²) in [4.78, 5) is 11.6. The van der Waals surface area contributed by atoms with E-state index in [2.05, 4.69) is 13.8 Å². The van der Waals surface area contributed by atoms with E-state index in [0.29, 0.717) is 5.78 Å². The van der Waals surface area contributed by atoms with Crippen LogP contribution in [0.1, 0.15) is 58.8 Å². The molecule has 0 aromatic heterocycles. The molecule has 13 heavy (non-hydrogen) atoms. The molecule has 0 saturated carbocycles. The van der Waals surface area contributed by atoms with Gasteiger partial charge in [-0.3, -0.25) is 4.79 Å². The zero-order chi connectivity index (χ0) is 9.68. The molecule has 0 unspecified atom stereocenters. The number of carbonyl (C=O) groups is 1. The third-order valence-electron chi connectivity index (χ3n) is 2.70. The second-order valence-corrected chi connectivity index (χ2v) is 3.86. The van der Waals surface area contributed by atoms with Gasteiger partial charge in [0.05, 0.1) is 0 Å². The summed E-state index contributed by atoms with van der Waals surface area (Å²) in [6.45, 7) is 4.34. The van der Waals surface area contributed by atoms with Gasteiger partial charge in [-0.2, -0.15) is 0 Å². The Hall–Kier alpha value is -0.590. The molecule has 1 aliphatic rings. The minimum Gasteiger partial charge on any atom is -0.295 e. The Kier molecular flexibility index (Phi) is 4.20. The SMILES string of the molecule is CCCC1=C(CCC)C(=O)CCC1. The standard InChI is InChI=1S/C12H20O/c1-3-6-10-8-5-9-12(13)11(10)7-4-2/h3-9H2,1-2H3. The van der Waals surface area contributed by atoms with Crippen molar-refractivity contribution in [1.29, 1.82) is 0 Å². The highest BCUT2D eigenvalue weighted by Crippen LogP contribution is 2.28. The van der Waals surface area contributed by atoms with Gasteiger partial charge in [0, 0.05) is 6.42 Å². The van der Waals surface area contributed by atoms with Gasteiger partial charge < -0.3 is 0 Å². The molecule has 0 fully saturated rings. The normalized spacial score (nSPS) is 18.2. The number of allylic oxidation sites excluding steroid dienone is 2. The molecular weight excluding hydrogens is 160 g/mol. The maximum Gasteiger partial charge on any atom is 0.158 e. The molecule has 0 aromatic rings. The summed E-state index contributed by atoms with van der Waals surface area (Å²) in [6, 6.07) is 0. The molecule has 0 saturated heterocycles. The molecule has 1 nitrogen and oxygen atoms in total. The summed E-state index contributed by atoms with van der Waals surface area (Å²) in [5.74, 6) is 0.427. The van der Waals surface area contributed by atoms with E-state index in [0.717, 1.165) is 32.1 Å². The van der Waals surface area contributed by atoms with Gasteiger partial charge in [-0.05, 0) is 31.3 Å². The van der Waals surface area contributed by atoms with E-state index < -0.39 is 0 Å². The highest BCUT2D eigenvalue weighted by atomic mass is 16.1. The minimum absolute atomic E-state index is 0.427. The Balaban J connectivity index is 2.76. The molecule has 0 N–H and O–H groups in total. The van der Waals surface area contributed by atoms with E-state index in [1.807, 2.05) is 0 Å². The van der Waals surface area contributed by atoms with Gasteiger partial charge in [0.2, 0.25) is 0 Å². The predicted octanol–water partition coefficient (Wildman–Crippen LogP) is 3.64. The van der Waals surface area contributed by atoms with Gasteiger partial charge in [-0.25, -0.2) is 0 Å². The molecule has 0 aliphatic heterocycles. The lowest BCUT2D eigenvalue weighted by atomic mass is 9.86. The first-order valence-corrected chi connectivity index (χ1v) is 5.53. The van der Waals surface area contributed by atoms with Crippen LogP contribution in [-0.2, 0) is 4.79 Å². The van der Waals surface area contributed by atoms with Crippen molar-refractivity contribution >= 4 is 5.78 Å². The Bertz CT molecular complexity index is 213. The van der Waals surface area contributed by atoms with Crippen molar-refractivity contribution in [2.24, 2.45) is 0 Å². The van der Waals surface area contributed by atoms with Crippen molar-refractivity contribution in [3.05, 3.63) is 11.1 Å². The number of Topliss-reactive ketones (excluding diaryl/α,β-unsaturated/α-hetero) is 1. The maximum absolute atomic E-state index is 11.6. The highest BCUT2D eigenvalue weighted by molar-refractivity contribution is 5.96. The summed E-state index contributed by atoms with van der Waals surface area (Å²) in [6.07, 6.45) is 7.48. The molecule has 0 heterocycles. The van der Waals surface area contributed by atoms with Crippen LogP contribution in [-0.4, -0.2) is 5.78 Å². The molecule has 0 atom stereocenters.